The summed E-state index contributed by atoms with van der Waals surface area (Å²) in [4.78, 5) is 0. The SMILES string of the molecule is Clc1ccc(CSc2nnnn2-c2ccc(Cl)cc2)cc1. The predicted octanol–water partition coefficient (Wildman–Crippen LogP) is 4.26. The first-order valence-electron chi connectivity index (χ1n) is 6.14. The Morgan fingerprint density at radius 3 is 2.19 bits per heavy atom. The smallest absolute Gasteiger partial charge is 0.187 e. The van der Waals surface area contributed by atoms with E-state index in [1.807, 2.05) is 48.5 Å². The fourth-order valence-electron chi connectivity index (χ4n) is 1.74. The van der Waals surface area contributed by atoms with Crippen LogP contribution in [0.25, 0.3) is 5.69 Å². The minimum Gasteiger partial charge on any atom is -0.187 e. The highest BCUT2D eigenvalue weighted by molar-refractivity contribution is 7.98. The second-order valence-electron chi connectivity index (χ2n) is 4.26. The number of benzene rings is 2. The molecular formula is C14H10Cl2N4S. The predicted molar refractivity (Wildman–Crippen MR) is 85.2 cm³/mol. The molecule has 1 aromatic heterocycles. The molecule has 1 heterocycles. The van der Waals surface area contributed by atoms with Crippen LogP contribution in [0, 0.1) is 0 Å². The molecule has 0 aliphatic carbocycles. The Hall–Kier alpha value is -1.56. The summed E-state index contributed by atoms with van der Waals surface area (Å²) in [7, 11) is 0. The molecule has 0 N–H and O–H groups in total. The Morgan fingerprint density at radius 1 is 0.905 bits per heavy atom. The molecule has 3 aromatic rings. The molecule has 2 aromatic carbocycles. The molecule has 0 radical (unpaired) electrons. The van der Waals surface area contributed by atoms with Gasteiger partial charge in [-0.1, -0.05) is 47.1 Å². The molecule has 0 atom stereocenters. The van der Waals surface area contributed by atoms with Crippen molar-refractivity contribution in [1.29, 1.82) is 0 Å². The van der Waals surface area contributed by atoms with E-state index in [1.165, 1.54) is 0 Å². The van der Waals surface area contributed by atoms with Gasteiger partial charge in [0.15, 0.2) is 0 Å². The van der Waals surface area contributed by atoms with Gasteiger partial charge < -0.3 is 0 Å². The molecule has 0 bridgehead atoms. The van der Waals surface area contributed by atoms with E-state index in [0.29, 0.717) is 5.02 Å². The maximum absolute atomic E-state index is 5.89. The molecule has 0 aliphatic rings. The molecule has 0 aliphatic heterocycles. The van der Waals surface area contributed by atoms with Crippen molar-refractivity contribution in [1.82, 2.24) is 20.2 Å². The van der Waals surface area contributed by atoms with Crippen LogP contribution in [0.2, 0.25) is 10.0 Å². The molecule has 0 spiro atoms. The monoisotopic (exact) mass is 336 g/mol. The van der Waals surface area contributed by atoms with E-state index in [1.54, 1.807) is 16.4 Å². The van der Waals surface area contributed by atoms with Gasteiger partial charge in [0, 0.05) is 15.8 Å². The molecule has 0 unspecified atom stereocenters. The Morgan fingerprint density at radius 2 is 1.52 bits per heavy atom. The number of rotatable bonds is 4. The standard InChI is InChI=1S/C14H10Cl2N4S/c15-11-3-1-10(2-4-11)9-21-14-17-18-19-20(14)13-7-5-12(16)6-8-13/h1-8H,9H2. The fourth-order valence-corrected chi connectivity index (χ4v) is 2.84. The maximum atomic E-state index is 5.89. The molecule has 0 saturated heterocycles. The van der Waals surface area contributed by atoms with Crippen molar-refractivity contribution in [2.75, 3.05) is 0 Å². The van der Waals surface area contributed by atoms with Crippen molar-refractivity contribution in [3.8, 4) is 5.69 Å². The van der Waals surface area contributed by atoms with Crippen LogP contribution in [0.1, 0.15) is 5.56 Å². The van der Waals surface area contributed by atoms with Crippen LogP contribution >= 0.6 is 35.0 Å². The minimum atomic E-state index is 0.683. The summed E-state index contributed by atoms with van der Waals surface area (Å²) in [5.74, 6) is 0.769. The van der Waals surface area contributed by atoms with Gasteiger partial charge in [0.25, 0.3) is 0 Å². The van der Waals surface area contributed by atoms with Gasteiger partial charge in [-0.2, -0.15) is 4.68 Å². The molecule has 0 saturated carbocycles. The first-order chi connectivity index (χ1) is 10.2. The minimum absolute atomic E-state index is 0.683. The normalized spacial score (nSPS) is 10.8. The molecule has 106 valence electrons. The zero-order valence-corrected chi connectivity index (χ0v) is 13.1. The number of thioether (sulfide) groups is 1. The number of tetrazole rings is 1. The Bertz CT molecular complexity index is 725. The summed E-state index contributed by atoms with van der Waals surface area (Å²) in [5, 5.41) is 13.9. The lowest BCUT2D eigenvalue weighted by Gasteiger charge is -2.04. The van der Waals surface area contributed by atoms with Crippen LogP contribution in [0.5, 0.6) is 0 Å². The van der Waals surface area contributed by atoms with Crippen LogP contribution < -0.4 is 0 Å². The van der Waals surface area contributed by atoms with E-state index >= 15 is 0 Å². The lowest BCUT2D eigenvalue weighted by atomic mass is 10.2. The Balaban J connectivity index is 1.76. The topological polar surface area (TPSA) is 43.6 Å². The van der Waals surface area contributed by atoms with Gasteiger partial charge in [0.2, 0.25) is 5.16 Å². The van der Waals surface area contributed by atoms with Crippen LogP contribution in [-0.4, -0.2) is 20.2 Å². The van der Waals surface area contributed by atoms with Crippen LogP contribution in [0.3, 0.4) is 0 Å². The largest absolute Gasteiger partial charge is 0.214 e. The van der Waals surface area contributed by atoms with E-state index in [2.05, 4.69) is 15.5 Å². The lowest BCUT2D eigenvalue weighted by molar-refractivity contribution is 0.756. The van der Waals surface area contributed by atoms with Crippen molar-refractivity contribution in [3.63, 3.8) is 0 Å². The van der Waals surface area contributed by atoms with Crippen molar-refractivity contribution in [2.45, 2.75) is 10.9 Å². The Labute approximate surface area is 136 Å². The highest BCUT2D eigenvalue weighted by Gasteiger charge is 2.09. The van der Waals surface area contributed by atoms with Crippen LogP contribution in [0.15, 0.2) is 53.7 Å². The average Bonchev–Trinajstić information content (AvgIpc) is 2.96. The molecule has 0 amide bonds. The summed E-state index contributed by atoms with van der Waals surface area (Å²) in [5.41, 5.74) is 2.04. The lowest BCUT2D eigenvalue weighted by Crippen LogP contribution is -1.98. The number of halogens is 2. The molecule has 3 rings (SSSR count). The fraction of sp³-hybridized carbons (Fsp3) is 0.0714. The van der Waals surface area contributed by atoms with E-state index < -0.39 is 0 Å². The third kappa shape index (κ3) is 3.56. The van der Waals surface area contributed by atoms with E-state index in [0.717, 1.165) is 27.2 Å². The van der Waals surface area contributed by atoms with Crippen LogP contribution in [0.4, 0.5) is 0 Å². The van der Waals surface area contributed by atoms with Gasteiger partial charge in [0.05, 0.1) is 5.69 Å². The quantitative estimate of drug-likeness (QED) is 0.667. The summed E-state index contributed by atoms with van der Waals surface area (Å²) in [6.07, 6.45) is 0. The van der Waals surface area contributed by atoms with E-state index in [-0.39, 0.29) is 0 Å². The number of hydrogen-bond donors (Lipinski definition) is 0. The second-order valence-corrected chi connectivity index (χ2v) is 6.08. The van der Waals surface area contributed by atoms with Gasteiger partial charge in [-0.3, -0.25) is 0 Å². The van der Waals surface area contributed by atoms with Gasteiger partial charge in [-0.25, -0.2) is 0 Å². The summed E-state index contributed by atoms with van der Waals surface area (Å²) < 4.78 is 1.69. The molecule has 4 nitrogen and oxygen atoms in total. The number of nitrogens with zero attached hydrogens (tertiary/aromatic N) is 4. The summed E-state index contributed by atoms with van der Waals surface area (Å²) in [6.45, 7) is 0. The molecular weight excluding hydrogens is 327 g/mol. The van der Waals surface area contributed by atoms with Crippen molar-refractivity contribution in [3.05, 3.63) is 64.1 Å². The van der Waals surface area contributed by atoms with Crippen LogP contribution in [-0.2, 0) is 5.75 Å². The van der Waals surface area contributed by atoms with Crippen molar-refractivity contribution in [2.24, 2.45) is 0 Å². The molecule has 21 heavy (non-hydrogen) atoms. The zero-order valence-electron chi connectivity index (χ0n) is 10.8. The third-order valence-corrected chi connectivity index (χ3v) is 4.29. The number of aromatic nitrogens is 4. The van der Waals surface area contributed by atoms with Crippen molar-refractivity contribution >= 4 is 35.0 Å². The molecule has 0 fully saturated rings. The third-order valence-electron chi connectivity index (χ3n) is 2.79. The first kappa shape index (κ1) is 14.4. The van der Waals surface area contributed by atoms with E-state index in [9.17, 15) is 0 Å². The maximum Gasteiger partial charge on any atom is 0.214 e. The van der Waals surface area contributed by atoms with Gasteiger partial charge >= 0.3 is 0 Å². The Kier molecular flexibility index (Phi) is 4.43. The number of hydrogen-bond acceptors (Lipinski definition) is 4. The van der Waals surface area contributed by atoms with Gasteiger partial charge in [-0.05, 0) is 52.4 Å². The second kappa shape index (κ2) is 6.47. The van der Waals surface area contributed by atoms with E-state index in [4.69, 9.17) is 23.2 Å². The average molecular weight is 337 g/mol. The zero-order chi connectivity index (χ0) is 14.7. The van der Waals surface area contributed by atoms with Gasteiger partial charge in [-0.15, -0.1) is 5.10 Å². The summed E-state index contributed by atoms with van der Waals surface area (Å²) in [6, 6.07) is 15.1. The molecule has 7 heteroatoms. The first-order valence-corrected chi connectivity index (χ1v) is 7.88. The van der Waals surface area contributed by atoms with Gasteiger partial charge in [0.1, 0.15) is 0 Å². The highest BCUT2D eigenvalue weighted by Crippen LogP contribution is 2.23. The highest BCUT2D eigenvalue weighted by atomic mass is 35.5. The van der Waals surface area contributed by atoms with Crippen molar-refractivity contribution < 1.29 is 0 Å². The summed E-state index contributed by atoms with van der Waals surface area (Å²) >= 11 is 13.3.